The van der Waals surface area contributed by atoms with Gasteiger partial charge in [0.15, 0.2) is 11.6 Å². The Kier molecular flexibility index (Phi) is 20.7. The highest BCUT2D eigenvalue weighted by Gasteiger charge is 2.32. The van der Waals surface area contributed by atoms with E-state index < -0.39 is 29.8 Å². The number of esters is 1. The number of amides is 1. The third kappa shape index (κ3) is 16.2. The molecule has 0 aliphatic heterocycles. The molecule has 5 aromatic rings. The number of benzene rings is 5. The topological polar surface area (TPSA) is 202 Å². The predicted molar refractivity (Wildman–Crippen MR) is 266 cm³/mol. The van der Waals surface area contributed by atoms with Crippen LogP contribution in [0.1, 0.15) is 91.0 Å². The fourth-order valence-corrected chi connectivity index (χ4v) is 8.44. The molecule has 0 heterocycles. The number of hydrogen-bond acceptors (Lipinski definition) is 7. The van der Waals surface area contributed by atoms with Crippen molar-refractivity contribution < 1.29 is 44.1 Å². The van der Waals surface area contributed by atoms with E-state index in [4.69, 9.17) is 25.7 Å². The highest BCUT2D eigenvalue weighted by molar-refractivity contribution is 6.10. The van der Waals surface area contributed by atoms with Crippen LogP contribution in [-0.2, 0) is 30.3 Å². The van der Waals surface area contributed by atoms with E-state index in [-0.39, 0.29) is 55.9 Å². The molecule has 0 saturated carbocycles. The van der Waals surface area contributed by atoms with E-state index >= 15 is 0 Å². The summed E-state index contributed by atoms with van der Waals surface area (Å²) in [6.45, 7) is 9.86. The second-order valence-corrected chi connectivity index (χ2v) is 18.4. The molecule has 0 saturated heterocycles. The first-order valence-electron chi connectivity index (χ1n) is 24.1. The molecule has 0 unspecified atom stereocenters. The number of carbonyl (C=O) groups excluding carboxylic acids is 4. The van der Waals surface area contributed by atoms with Gasteiger partial charge in [-0.3, -0.25) is 35.6 Å². The summed E-state index contributed by atoms with van der Waals surface area (Å²) in [5, 5.41) is 7.02. The van der Waals surface area contributed by atoms with Gasteiger partial charge in [-0.1, -0.05) is 119 Å². The first kappa shape index (κ1) is 51.7. The van der Waals surface area contributed by atoms with Gasteiger partial charge in [-0.2, -0.15) is 0 Å². The van der Waals surface area contributed by atoms with Crippen molar-refractivity contribution in [1.29, 1.82) is 0 Å². The molecule has 3 atom stereocenters. The quantitative estimate of drug-likeness (QED) is 0.0154. The first-order chi connectivity index (χ1) is 32.3. The number of guanidine groups is 1. The van der Waals surface area contributed by atoms with Gasteiger partial charge in [-0.05, 0) is 96.0 Å². The molecule has 0 bridgehead atoms. The molecule has 0 spiro atoms. The Morgan fingerprint density at radius 1 is 0.657 bits per heavy atom. The summed E-state index contributed by atoms with van der Waals surface area (Å²) in [4.78, 5) is 58.9. The van der Waals surface area contributed by atoms with Crippen LogP contribution in [0.4, 0.5) is 0 Å². The molecule has 12 heteroatoms. The van der Waals surface area contributed by atoms with Crippen LogP contribution < -0.4 is 37.0 Å². The van der Waals surface area contributed by atoms with Crippen LogP contribution in [0.25, 0.3) is 32.7 Å². The summed E-state index contributed by atoms with van der Waals surface area (Å²) in [5.41, 5.74) is 18.0. The fourth-order valence-electron chi connectivity index (χ4n) is 8.44. The summed E-state index contributed by atoms with van der Waals surface area (Å²) < 4.78 is 18.7. The largest absolute Gasteiger partial charge is 0.493 e. The van der Waals surface area contributed by atoms with Crippen molar-refractivity contribution in [2.45, 2.75) is 97.9 Å². The van der Waals surface area contributed by atoms with Crippen LogP contribution in [0.2, 0.25) is 0 Å². The summed E-state index contributed by atoms with van der Waals surface area (Å²) in [6, 6.07) is 33.1. The maximum atomic E-state index is 14.3. The summed E-state index contributed by atoms with van der Waals surface area (Å²) in [6.07, 6.45) is 4.31. The lowest BCUT2D eigenvalue weighted by Crippen LogP contribution is -2.78. The molecule has 67 heavy (non-hydrogen) atoms. The minimum absolute atomic E-state index is 0.0525. The van der Waals surface area contributed by atoms with E-state index in [1.165, 1.54) is 0 Å². The molecule has 358 valence electrons. The molecule has 12 nitrogen and oxygen atoms in total. The molecule has 5 rings (SSSR count). The van der Waals surface area contributed by atoms with Crippen molar-refractivity contribution in [3.05, 3.63) is 109 Å². The van der Waals surface area contributed by atoms with Crippen molar-refractivity contribution in [1.82, 2.24) is 5.32 Å². The Hall–Kier alpha value is -6.27. The van der Waals surface area contributed by atoms with Gasteiger partial charge in [0.05, 0.1) is 38.3 Å². The Bertz CT molecular complexity index is 2410. The first-order valence-corrected chi connectivity index (χ1v) is 24.1. The number of fused-ring (bicyclic) bond motifs is 2. The van der Waals surface area contributed by atoms with Crippen LogP contribution in [0.5, 0.6) is 11.5 Å². The third-order valence-corrected chi connectivity index (χ3v) is 12.0. The normalized spacial score (nSPS) is 12.7. The van der Waals surface area contributed by atoms with Gasteiger partial charge in [0, 0.05) is 36.3 Å². The maximum Gasteiger partial charge on any atom is 0.338 e. The van der Waals surface area contributed by atoms with Crippen molar-refractivity contribution in [3.8, 4) is 22.6 Å². The van der Waals surface area contributed by atoms with Gasteiger partial charge in [0.2, 0.25) is 5.91 Å². The number of hydrogen-bond donors (Lipinski definition) is 5. The maximum absolute atomic E-state index is 14.3. The van der Waals surface area contributed by atoms with Crippen LogP contribution in [-0.4, -0.2) is 68.4 Å². The van der Waals surface area contributed by atoms with Crippen molar-refractivity contribution in [2.75, 3.05) is 32.9 Å². The molecular formula is C55H73N5O7+2. The second-order valence-electron chi connectivity index (χ2n) is 18.4. The summed E-state index contributed by atoms with van der Waals surface area (Å²) >= 11 is 0. The predicted octanol–water partition coefficient (Wildman–Crippen LogP) is 6.48. The number of ketones is 2. The van der Waals surface area contributed by atoms with Gasteiger partial charge in [-0.25, -0.2) is 0 Å². The lowest BCUT2D eigenvalue weighted by atomic mass is 9.89. The summed E-state index contributed by atoms with van der Waals surface area (Å²) in [5.74, 6) is -0.880. The Morgan fingerprint density at radius 2 is 1.28 bits per heavy atom. The van der Waals surface area contributed by atoms with Gasteiger partial charge in [-0.15, -0.1) is 0 Å². The highest BCUT2D eigenvalue weighted by atomic mass is 16.5. The smallest absolute Gasteiger partial charge is 0.338 e. The van der Waals surface area contributed by atoms with Crippen LogP contribution >= 0.6 is 0 Å². The molecular weight excluding hydrogens is 843 g/mol. The SMILES string of the molecule is CC(C)CCOc1ccc2ccccc2c1-c1c(OCC(=O)C[C@H](CCCC[NH3+])C(=O)N[C@H](CCC[NH+]=C(N)N)C(=O)C[C@@H](CC(C)C)C(=O)OCCc2ccccc2)ccc2ccccc12. The molecule has 0 aromatic heterocycles. The van der Waals surface area contributed by atoms with Gasteiger partial charge >= 0.3 is 11.9 Å². The van der Waals surface area contributed by atoms with Gasteiger partial charge in [0.1, 0.15) is 18.1 Å². The Labute approximate surface area is 396 Å². The number of carbonyl (C=O) groups is 4. The van der Waals surface area contributed by atoms with Crippen LogP contribution in [0, 0.1) is 23.7 Å². The molecule has 0 fully saturated rings. The monoisotopic (exact) mass is 916 g/mol. The van der Waals surface area contributed by atoms with E-state index in [0.29, 0.717) is 63.5 Å². The zero-order valence-corrected chi connectivity index (χ0v) is 40.0. The minimum Gasteiger partial charge on any atom is -0.493 e. The van der Waals surface area contributed by atoms with Crippen molar-refractivity contribution in [3.63, 3.8) is 0 Å². The van der Waals surface area contributed by atoms with Crippen LogP contribution in [0.15, 0.2) is 103 Å². The molecule has 0 aliphatic carbocycles. The molecule has 0 aliphatic rings. The third-order valence-electron chi connectivity index (χ3n) is 12.0. The fraction of sp³-hybridized carbons (Fsp3) is 0.436. The number of rotatable bonds is 29. The zero-order valence-electron chi connectivity index (χ0n) is 40.0. The zero-order chi connectivity index (χ0) is 48.1. The lowest BCUT2D eigenvalue weighted by Gasteiger charge is -2.24. The number of Topliss-reactive ketones (excluding diaryl/α,β-unsaturated/α-hetero) is 2. The summed E-state index contributed by atoms with van der Waals surface area (Å²) in [7, 11) is 0. The minimum atomic E-state index is -0.917. The van der Waals surface area contributed by atoms with E-state index in [9.17, 15) is 19.2 Å². The number of ether oxygens (including phenoxy) is 3. The van der Waals surface area contributed by atoms with Gasteiger partial charge in [0.25, 0.3) is 0 Å². The molecule has 5 aromatic carbocycles. The molecule has 1 amide bonds. The van der Waals surface area contributed by atoms with E-state index in [0.717, 1.165) is 56.8 Å². The molecule has 9 N–H and O–H groups in total. The Balaban J connectivity index is 1.36. The average Bonchev–Trinajstić information content (AvgIpc) is 3.31. The van der Waals surface area contributed by atoms with E-state index in [2.05, 4.69) is 60.2 Å². The standard InChI is InChI=1S/C55H71N5O7/c1-37(2)27-31-65-49-25-23-40-17-8-10-20-45(40)51(49)52-46-21-11-9-18-41(46)24-26-50(52)67-36-44(61)34-42(19-12-13-29-56)53(63)60-47(22-14-30-59-55(57)58)48(62)35-43(33-38(3)4)54(64)66-32-28-39-15-6-5-7-16-39/h5-11,15-18,20-21,23-26,37-38,42-43,47H,12-14,19,22,27-36,56H2,1-4H3,(H,60,63)(H4,57,58,59)/p+2/t42-,43+,47+/m0/s1. The number of nitrogens with two attached hydrogens (primary N) is 2. The highest BCUT2D eigenvalue weighted by Crippen LogP contribution is 2.45. The second kappa shape index (κ2) is 26.8. The number of unbranched alkanes of at least 4 members (excludes halogenated alkanes) is 1. The van der Waals surface area contributed by atoms with E-state index in [1.54, 1.807) is 0 Å². The number of nitrogens with one attached hydrogen (secondary N) is 2. The van der Waals surface area contributed by atoms with Crippen LogP contribution in [0.3, 0.4) is 0 Å². The number of quaternary nitrogens is 1. The average molecular weight is 916 g/mol. The Morgan fingerprint density at radius 3 is 1.90 bits per heavy atom. The van der Waals surface area contributed by atoms with E-state index in [1.807, 2.05) is 86.6 Å². The molecule has 0 radical (unpaired) electrons. The van der Waals surface area contributed by atoms with Crippen molar-refractivity contribution >= 4 is 50.9 Å². The lowest BCUT2D eigenvalue weighted by molar-refractivity contribution is -0.459. The van der Waals surface area contributed by atoms with Gasteiger partial charge < -0.3 is 25.3 Å². The van der Waals surface area contributed by atoms with Crippen molar-refractivity contribution in [2.24, 2.45) is 35.1 Å².